The van der Waals surface area contributed by atoms with Gasteiger partial charge in [-0.3, -0.25) is 9.78 Å². The van der Waals surface area contributed by atoms with Crippen molar-refractivity contribution in [3.63, 3.8) is 0 Å². The predicted molar refractivity (Wildman–Crippen MR) is 86.7 cm³/mol. The van der Waals surface area contributed by atoms with E-state index in [9.17, 15) is 4.79 Å². The molecule has 110 valence electrons. The quantitative estimate of drug-likeness (QED) is 0.736. The monoisotopic (exact) mass is 310 g/mol. The molecule has 0 unspecified atom stereocenters. The molecule has 0 saturated carbocycles. The van der Waals surface area contributed by atoms with Crippen molar-refractivity contribution in [3.8, 4) is 11.5 Å². The minimum atomic E-state index is 0.0971. The van der Waals surface area contributed by atoms with Crippen LogP contribution in [0.3, 0.4) is 0 Å². The lowest BCUT2D eigenvalue weighted by Gasteiger charge is -2.30. The highest BCUT2D eigenvalue weighted by Gasteiger charge is 2.24. The molecule has 1 aliphatic heterocycles. The maximum atomic E-state index is 12.3. The fourth-order valence-electron chi connectivity index (χ4n) is 2.39. The van der Waals surface area contributed by atoms with E-state index in [1.54, 1.807) is 6.20 Å². The Bertz CT molecular complexity index is 825. The number of carbonyl (C=O) groups excluding carboxylic acids is 1. The van der Waals surface area contributed by atoms with Crippen LogP contribution >= 0.6 is 11.3 Å². The Morgan fingerprint density at radius 1 is 1.18 bits per heavy atom. The van der Waals surface area contributed by atoms with E-state index in [1.807, 2.05) is 47.4 Å². The molecule has 0 aliphatic carbocycles. The minimum Gasteiger partial charge on any atom is -0.456 e. The smallest absolute Gasteiger partial charge is 0.264 e. The summed E-state index contributed by atoms with van der Waals surface area (Å²) < 4.78 is 6.84. The molecule has 3 heterocycles. The van der Waals surface area contributed by atoms with Crippen LogP contribution in [0.4, 0.5) is 0 Å². The predicted octanol–water partition coefficient (Wildman–Crippen LogP) is 3.93. The van der Waals surface area contributed by atoms with Crippen molar-refractivity contribution < 1.29 is 9.53 Å². The van der Waals surface area contributed by atoms with Crippen LogP contribution in [-0.2, 0) is 0 Å². The third-order valence-corrected chi connectivity index (χ3v) is 4.83. The SMILES string of the molecule is O=C(c1cc2nccc(Oc3ccccc3)c2s1)N1CCC1. The van der Waals surface area contributed by atoms with Gasteiger partial charge in [-0.1, -0.05) is 18.2 Å². The van der Waals surface area contributed by atoms with Gasteiger partial charge in [0.05, 0.1) is 15.1 Å². The van der Waals surface area contributed by atoms with Crippen LogP contribution in [0.25, 0.3) is 10.2 Å². The summed E-state index contributed by atoms with van der Waals surface area (Å²) in [7, 11) is 0. The zero-order valence-electron chi connectivity index (χ0n) is 11.9. The first-order valence-electron chi connectivity index (χ1n) is 7.22. The molecule has 2 aromatic heterocycles. The Kier molecular flexibility index (Phi) is 3.27. The Labute approximate surface area is 132 Å². The number of nitrogens with zero attached hydrogens (tertiary/aromatic N) is 2. The fourth-order valence-corrected chi connectivity index (χ4v) is 3.42. The largest absolute Gasteiger partial charge is 0.456 e. The van der Waals surface area contributed by atoms with Crippen LogP contribution in [0.5, 0.6) is 11.5 Å². The highest BCUT2D eigenvalue weighted by molar-refractivity contribution is 7.21. The average molecular weight is 310 g/mol. The highest BCUT2D eigenvalue weighted by atomic mass is 32.1. The molecule has 0 atom stereocenters. The molecular formula is C17H14N2O2S. The molecule has 1 aliphatic rings. The number of likely N-dealkylation sites (tertiary alicyclic amines) is 1. The molecule has 0 bridgehead atoms. The summed E-state index contributed by atoms with van der Waals surface area (Å²) in [6.07, 6.45) is 2.81. The summed E-state index contributed by atoms with van der Waals surface area (Å²) in [5.41, 5.74) is 0.808. The van der Waals surface area contributed by atoms with Gasteiger partial charge in [-0.25, -0.2) is 0 Å². The lowest BCUT2D eigenvalue weighted by atomic mass is 10.2. The van der Waals surface area contributed by atoms with Crippen molar-refractivity contribution in [1.82, 2.24) is 9.88 Å². The first-order valence-corrected chi connectivity index (χ1v) is 8.04. The van der Waals surface area contributed by atoms with Crippen molar-refractivity contribution in [2.75, 3.05) is 13.1 Å². The Morgan fingerprint density at radius 3 is 2.73 bits per heavy atom. The van der Waals surface area contributed by atoms with Gasteiger partial charge in [0, 0.05) is 25.4 Å². The Morgan fingerprint density at radius 2 is 2.00 bits per heavy atom. The molecule has 4 nitrogen and oxygen atoms in total. The van der Waals surface area contributed by atoms with Gasteiger partial charge >= 0.3 is 0 Å². The second kappa shape index (κ2) is 5.42. The summed E-state index contributed by atoms with van der Waals surface area (Å²) in [6.45, 7) is 1.71. The number of thiophene rings is 1. The van der Waals surface area contributed by atoms with E-state index in [2.05, 4.69) is 4.98 Å². The molecule has 1 amide bonds. The second-order valence-electron chi connectivity index (χ2n) is 5.19. The lowest BCUT2D eigenvalue weighted by molar-refractivity contribution is 0.0657. The van der Waals surface area contributed by atoms with Gasteiger partial charge in [0.2, 0.25) is 0 Å². The first-order chi connectivity index (χ1) is 10.8. The van der Waals surface area contributed by atoms with Crippen LogP contribution in [-0.4, -0.2) is 28.9 Å². The van der Waals surface area contributed by atoms with Crippen LogP contribution in [0.15, 0.2) is 48.7 Å². The summed E-state index contributed by atoms with van der Waals surface area (Å²) in [5.74, 6) is 1.61. The van der Waals surface area contributed by atoms with Crippen LogP contribution < -0.4 is 4.74 Å². The lowest BCUT2D eigenvalue weighted by Crippen LogP contribution is -2.41. The molecule has 1 saturated heterocycles. The highest BCUT2D eigenvalue weighted by Crippen LogP contribution is 2.35. The van der Waals surface area contributed by atoms with E-state index in [-0.39, 0.29) is 5.91 Å². The maximum absolute atomic E-state index is 12.3. The van der Waals surface area contributed by atoms with Gasteiger partial charge in [0.1, 0.15) is 11.5 Å². The van der Waals surface area contributed by atoms with Crippen LogP contribution in [0.2, 0.25) is 0 Å². The molecule has 0 N–H and O–H groups in total. The van der Waals surface area contributed by atoms with E-state index < -0.39 is 0 Å². The topological polar surface area (TPSA) is 42.4 Å². The molecule has 5 heteroatoms. The number of aromatic nitrogens is 1. The Hall–Kier alpha value is -2.40. The third-order valence-electron chi connectivity index (χ3n) is 3.70. The van der Waals surface area contributed by atoms with Gasteiger partial charge in [-0.15, -0.1) is 11.3 Å². The summed E-state index contributed by atoms with van der Waals surface area (Å²) in [4.78, 5) is 19.3. The van der Waals surface area contributed by atoms with Crippen LogP contribution in [0.1, 0.15) is 16.1 Å². The van der Waals surface area contributed by atoms with Crippen molar-refractivity contribution in [2.24, 2.45) is 0 Å². The number of fused-ring (bicyclic) bond motifs is 1. The summed E-state index contributed by atoms with van der Waals surface area (Å²) in [6, 6.07) is 13.3. The van der Waals surface area contributed by atoms with Gasteiger partial charge in [0.15, 0.2) is 0 Å². The number of benzene rings is 1. The Balaban J connectivity index is 1.70. The molecule has 0 spiro atoms. The normalized spacial score (nSPS) is 13.9. The number of amides is 1. The molecule has 1 aromatic carbocycles. The van der Waals surface area contributed by atoms with Gasteiger partial charge in [-0.2, -0.15) is 0 Å². The van der Waals surface area contributed by atoms with E-state index in [0.717, 1.165) is 46.1 Å². The number of carbonyl (C=O) groups is 1. The minimum absolute atomic E-state index is 0.0971. The van der Waals surface area contributed by atoms with Crippen molar-refractivity contribution in [1.29, 1.82) is 0 Å². The van der Waals surface area contributed by atoms with E-state index in [1.165, 1.54) is 11.3 Å². The molecule has 3 aromatic rings. The summed E-state index contributed by atoms with van der Waals surface area (Å²) in [5, 5.41) is 0. The second-order valence-corrected chi connectivity index (χ2v) is 6.25. The molecule has 1 fully saturated rings. The number of hydrogen-bond donors (Lipinski definition) is 0. The van der Waals surface area contributed by atoms with Gasteiger partial charge in [-0.05, 0) is 24.6 Å². The molecule has 4 rings (SSSR count). The number of ether oxygens (including phenoxy) is 1. The summed E-state index contributed by atoms with van der Waals surface area (Å²) >= 11 is 1.45. The molecule has 0 radical (unpaired) electrons. The number of rotatable bonds is 3. The van der Waals surface area contributed by atoms with Crippen molar-refractivity contribution in [2.45, 2.75) is 6.42 Å². The standard InChI is InChI=1S/C17H14N2O2S/c20-17(19-9-4-10-19)15-11-13-16(22-15)14(7-8-18-13)21-12-5-2-1-3-6-12/h1-3,5-8,11H,4,9-10H2. The fraction of sp³-hybridized carbons (Fsp3) is 0.176. The van der Waals surface area contributed by atoms with Crippen molar-refractivity contribution >= 4 is 27.5 Å². The number of pyridine rings is 1. The van der Waals surface area contributed by atoms with E-state index >= 15 is 0 Å². The van der Waals surface area contributed by atoms with E-state index in [0.29, 0.717) is 0 Å². The van der Waals surface area contributed by atoms with E-state index in [4.69, 9.17) is 4.74 Å². The zero-order chi connectivity index (χ0) is 14.9. The maximum Gasteiger partial charge on any atom is 0.264 e. The number of para-hydroxylation sites is 1. The molecular weight excluding hydrogens is 296 g/mol. The molecule has 22 heavy (non-hydrogen) atoms. The van der Waals surface area contributed by atoms with Gasteiger partial charge < -0.3 is 9.64 Å². The zero-order valence-corrected chi connectivity index (χ0v) is 12.7. The third kappa shape index (κ3) is 2.33. The number of hydrogen-bond acceptors (Lipinski definition) is 4. The van der Waals surface area contributed by atoms with Crippen LogP contribution in [0, 0.1) is 0 Å². The van der Waals surface area contributed by atoms with Crippen molar-refractivity contribution in [3.05, 3.63) is 53.5 Å². The first kappa shape index (κ1) is 13.3. The average Bonchev–Trinajstić information content (AvgIpc) is 2.92. The van der Waals surface area contributed by atoms with Gasteiger partial charge in [0.25, 0.3) is 5.91 Å².